The molecule has 0 saturated carbocycles. The third kappa shape index (κ3) is 5.67. The molecule has 0 atom stereocenters. The number of halogens is 1. The molecule has 0 unspecified atom stereocenters. The smallest absolute Gasteiger partial charge is 0.335 e. The van der Waals surface area contributed by atoms with E-state index in [1.54, 1.807) is 24.3 Å². The highest BCUT2D eigenvalue weighted by atomic mass is 79.9. The molecule has 1 aliphatic rings. The lowest BCUT2D eigenvalue weighted by atomic mass is 10.1. The standard InChI is InChI=1S/C25H19BrN2O5S/c1-32-20-12-16(13-21-23(29)28-25(34-21)27-18-5-3-2-4-6-18)11-19(26)22(20)33-14-15-7-9-17(10-8-15)24(30)31/h2-13H,14H2,1H3,(H,30,31)(H,27,28,29)/b21-13-. The van der Waals surface area contributed by atoms with E-state index in [0.717, 1.165) is 16.8 Å². The number of carbonyl (C=O) groups is 2. The van der Waals surface area contributed by atoms with Crippen molar-refractivity contribution in [1.82, 2.24) is 5.32 Å². The summed E-state index contributed by atoms with van der Waals surface area (Å²) in [4.78, 5) is 28.4. The zero-order valence-electron chi connectivity index (χ0n) is 17.9. The topological polar surface area (TPSA) is 97.2 Å². The van der Waals surface area contributed by atoms with Crippen LogP contribution in [-0.2, 0) is 11.4 Å². The monoisotopic (exact) mass is 538 g/mol. The number of aromatic carboxylic acids is 1. The lowest BCUT2D eigenvalue weighted by Gasteiger charge is -2.14. The second-order valence-electron chi connectivity index (χ2n) is 7.14. The average Bonchev–Trinajstić information content (AvgIpc) is 3.17. The molecule has 3 aromatic rings. The van der Waals surface area contributed by atoms with Gasteiger partial charge < -0.3 is 19.9 Å². The van der Waals surface area contributed by atoms with E-state index in [1.165, 1.54) is 31.0 Å². The maximum atomic E-state index is 12.4. The summed E-state index contributed by atoms with van der Waals surface area (Å²) in [7, 11) is 1.54. The Labute approximate surface area is 208 Å². The van der Waals surface area contributed by atoms with E-state index in [1.807, 2.05) is 36.4 Å². The molecule has 2 N–H and O–H groups in total. The predicted octanol–water partition coefficient (Wildman–Crippen LogP) is 5.63. The highest BCUT2D eigenvalue weighted by molar-refractivity contribution is 9.10. The minimum absolute atomic E-state index is 0.214. The van der Waals surface area contributed by atoms with Gasteiger partial charge >= 0.3 is 5.97 Å². The van der Waals surface area contributed by atoms with Crippen LogP contribution >= 0.6 is 27.7 Å². The van der Waals surface area contributed by atoms with Crippen LogP contribution in [0, 0.1) is 0 Å². The summed E-state index contributed by atoms with van der Waals surface area (Å²) in [6, 6.07) is 19.5. The number of amidine groups is 1. The maximum Gasteiger partial charge on any atom is 0.335 e. The molecular formula is C25H19BrN2O5S. The van der Waals surface area contributed by atoms with Gasteiger partial charge in [0.15, 0.2) is 16.7 Å². The van der Waals surface area contributed by atoms with Gasteiger partial charge in [0.05, 0.1) is 27.7 Å². The fraction of sp³-hybridized carbons (Fsp3) is 0.0800. The molecule has 0 bridgehead atoms. The number of ether oxygens (including phenoxy) is 2. The van der Waals surface area contributed by atoms with Crippen molar-refractivity contribution < 1.29 is 24.2 Å². The van der Waals surface area contributed by atoms with Gasteiger partial charge in [-0.1, -0.05) is 30.3 Å². The molecule has 9 heteroatoms. The van der Waals surface area contributed by atoms with Crippen LogP contribution in [0.1, 0.15) is 21.5 Å². The van der Waals surface area contributed by atoms with Crippen LogP contribution in [0.25, 0.3) is 6.08 Å². The Kier molecular flexibility index (Phi) is 7.34. The summed E-state index contributed by atoms with van der Waals surface area (Å²) in [6.07, 6.45) is 1.76. The van der Waals surface area contributed by atoms with E-state index in [-0.39, 0.29) is 18.1 Å². The van der Waals surface area contributed by atoms with Gasteiger partial charge in [-0.2, -0.15) is 0 Å². The fourth-order valence-corrected chi connectivity index (χ4v) is 4.53. The van der Waals surface area contributed by atoms with E-state index >= 15 is 0 Å². The lowest BCUT2D eigenvalue weighted by molar-refractivity contribution is -0.115. The van der Waals surface area contributed by atoms with E-state index in [2.05, 4.69) is 26.2 Å². The van der Waals surface area contributed by atoms with E-state index in [0.29, 0.717) is 26.0 Å². The number of carbonyl (C=O) groups excluding carboxylic acids is 1. The Morgan fingerprint density at radius 2 is 1.88 bits per heavy atom. The lowest BCUT2D eigenvalue weighted by Crippen LogP contribution is -2.19. The molecule has 172 valence electrons. The molecule has 0 radical (unpaired) electrons. The minimum Gasteiger partial charge on any atom is -0.493 e. The Morgan fingerprint density at radius 1 is 1.15 bits per heavy atom. The Morgan fingerprint density at radius 3 is 2.56 bits per heavy atom. The molecule has 4 rings (SSSR count). The fourth-order valence-electron chi connectivity index (χ4n) is 3.11. The third-order valence-electron chi connectivity index (χ3n) is 4.77. The van der Waals surface area contributed by atoms with Crippen molar-refractivity contribution in [2.75, 3.05) is 7.11 Å². The quantitative estimate of drug-likeness (QED) is 0.378. The number of hydrogen-bond donors (Lipinski definition) is 2. The molecule has 1 saturated heterocycles. The first-order valence-electron chi connectivity index (χ1n) is 10.1. The molecule has 0 aromatic heterocycles. The van der Waals surface area contributed by atoms with Crippen LogP contribution in [0.15, 0.2) is 81.1 Å². The first kappa shape index (κ1) is 23.6. The van der Waals surface area contributed by atoms with Gasteiger partial charge in [-0.05, 0) is 81.3 Å². The number of nitrogens with zero attached hydrogens (tertiary/aromatic N) is 1. The molecule has 3 aromatic carbocycles. The van der Waals surface area contributed by atoms with Crippen molar-refractivity contribution >= 4 is 56.5 Å². The molecule has 1 fully saturated rings. The molecule has 1 heterocycles. The number of methoxy groups -OCH3 is 1. The van der Waals surface area contributed by atoms with Crippen molar-refractivity contribution in [2.24, 2.45) is 4.99 Å². The molecule has 1 aliphatic heterocycles. The Bertz CT molecular complexity index is 1290. The number of amides is 1. The number of carboxylic acid groups (broad SMARTS) is 1. The number of benzene rings is 3. The average molecular weight is 539 g/mol. The van der Waals surface area contributed by atoms with E-state index in [9.17, 15) is 9.59 Å². The van der Waals surface area contributed by atoms with Crippen molar-refractivity contribution in [3.63, 3.8) is 0 Å². The highest BCUT2D eigenvalue weighted by Gasteiger charge is 2.24. The Balaban J connectivity index is 1.51. The number of nitrogens with one attached hydrogen (secondary N) is 1. The minimum atomic E-state index is -0.978. The molecule has 34 heavy (non-hydrogen) atoms. The summed E-state index contributed by atoms with van der Waals surface area (Å²) in [5.74, 6) is -0.208. The SMILES string of the molecule is COc1cc(/C=C2\SC(=Nc3ccccc3)NC2=O)cc(Br)c1OCc1ccc(C(=O)O)cc1. The van der Waals surface area contributed by atoms with E-state index < -0.39 is 5.97 Å². The number of para-hydroxylation sites is 1. The number of rotatable bonds is 7. The van der Waals surface area contributed by atoms with Gasteiger partial charge in [0.25, 0.3) is 5.91 Å². The van der Waals surface area contributed by atoms with Crippen LogP contribution < -0.4 is 14.8 Å². The highest BCUT2D eigenvalue weighted by Crippen LogP contribution is 2.38. The number of aliphatic imine (C=N–C) groups is 1. The van der Waals surface area contributed by atoms with Gasteiger partial charge in [-0.3, -0.25) is 4.79 Å². The summed E-state index contributed by atoms with van der Waals surface area (Å²) < 4.78 is 12.1. The van der Waals surface area contributed by atoms with Crippen LogP contribution in [0.3, 0.4) is 0 Å². The van der Waals surface area contributed by atoms with E-state index in [4.69, 9.17) is 14.6 Å². The molecular weight excluding hydrogens is 520 g/mol. The predicted molar refractivity (Wildman–Crippen MR) is 136 cm³/mol. The van der Waals surface area contributed by atoms with Crippen molar-refractivity contribution in [3.05, 3.63) is 92.8 Å². The maximum absolute atomic E-state index is 12.4. The molecule has 1 amide bonds. The second kappa shape index (κ2) is 10.6. The van der Waals surface area contributed by atoms with Crippen LogP contribution in [-0.4, -0.2) is 29.3 Å². The van der Waals surface area contributed by atoms with Crippen molar-refractivity contribution in [1.29, 1.82) is 0 Å². The first-order chi connectivity index (χ1) is 16.4. The summed E-state index contributed by atoms with van der Waals surface area (Å²) in [5.41, 5.74) is 2.54. The normalized spacial score (nSPS) is 15.4. The number of hydrogen-bond acceptors (Lipinski definition) is 6. The Hall–Kier alpha value is -3.56. The van der Waals surface area contributed by atoms with Gasteiger partial charge in [-0.15, -0.1) is 0 Å². The van der Waals surface area contributed by atoms with Crippen LogP contribution in [0.2, 0.25) is 0 Å². The van der Waals surface area contributed by atoms with Gasteiger partial charge in [0, 0.05) is 0 Å². The van der Waals surface area contributed by atoms with Crippen LogP contribution in [0.5, 0.6) is 11.5 Å². The summed E-state index contributed by atoms with van der Waals surface area (Å²) in [5, 5.41) is 12.3. The van der Waals surface area contributed by atoms with Gasteiger partial charge in [-0.25, -0.2) is 9.79 Å². The van der Waals surface area contributed by atoms with Crippen molar-refractivity contribution in [2.45, 2.75) is 6.61 Å². The number of carboxylic acids is 1. The summed E-state index contributed by atoms with van der Waals surface area (Å²) >= 11 is 4.78. The molecule has 0 aliphatic carbocycles. The van der Waals surface area contributed by atoms with Crippen LogP contribution in [0.4, 0.5) is 5.69 Å². The third-order valence-corrected chi connectivity index (χ3v) is 6.27. The van der Waals surface area contributed by atoms with Gasteiger partial charge in [0.1, 0.15) is 6.61 Å². The zero-order chi connectivity index (χ0) is 24.1. The molecule has 7 nitrogen and oxygen atoms in total. The largest absolute Gasteiger partial charge is 0.493 e. The van der Waals surface area contributed by atoms with Crippen molar-refractivity contribution in [3.8, 4) is 11.5 Å². The first-order valence-corrected chi connectivity index (χ1v) is 11.7. The number of thioether (sulfide) groups is 1. The molecule has 0 spiro atoms. The second-order valence-corrected chi connectivity index (χ2v) is 9.03. The van der Waals surface area contributed by atoms with Gasteiger partial charge in [0.2, 0.25) is 0 Å². The zero-order valence-corrected chi connectivity index (χ0v) is 20.4. The summed E-state index contributed by atoms with van der Waals surface area (Å²) in [6.45, 7) is 0.229.